The predicted octanol–water partition coefficient (Wildman–Crippen LogP) is 5.34. The van der Waals surface area contributed by atoms with E-state index in [1.165, 1.54) is 11.3 Å². The van der Waals surface area contributed by atoms with Crippen LogP contribution in [0.25, 0.3) is 10.1 Å². The minimum Gasteiger partial charge on any atom is -0.497 e. The van der Waals surface area contributed by atoms with Crippen molar-refractivity contribution in [1.82, 2.24) is 5.32 Å². The van der Waals surface area contributed by atoms with Crippen LogP contribution in [0.15, 0.2) is 42.5 Å². The van der Waals surface area contributed by atoms with Crippen molar-refractivity contribution in [3.63, 3.8) is 0 Å². The second-order valence-electron chi connectivity index (χ2n) is 5.03. The van der Waals surface area contributed by atoms with Gasteiger partial charge in [-0.2, -0.15) is 0 Å². The molecule has 3 rings (SSSR count). The molecule has 2 aromatic carbocycles. The minimum absolute atomic E-state index is 0.171. The summed E-state index contributed by atoms with van der Waals surface area (Å²) in [4.78, 5) is 12.9. The van der Waals surface area contributed by atoms with Crippen LogP contribution >= 0.6 is 46.8 Å². The zero-order chi connectivity index (χ0) is 18.0. The van der Waals surface area contributed by atoms with Gasteiger partial charge in [0.25, 0.3) is 5.91 Å². The molecule has 4 nitrogen and oxygen atoms in total. The van der Waals surface area contributed by atoms with Crippen LogP contribution in [0.2, 0.25) is 10.0 Å². The van der Waals surface area contributed by atoms with Gasteiger partial charge in [0, 0.05) is 26.9 Å². The first-order valence-corrected chi connectivity index (χ1v) is 9.10. The lowest BCUT2D eigenvalue weighted by Crippen LogP contribution is -2.33. The second-order valence-corrected chi connectivity index (χ2v) is 7.30. The Morgan fingerprint density at radius 3 is 2.76 bits per heavy atom. The molecule has 2 N–H and O–H groups in total. The van der Waals surface area contributed by atoms with Gasteiger partial charge >= 0.3 is 0 Å². The first-order chi connectivity index (χ1) is 12.0. The normalized spacial score (nSPS) is 10.5. The molecule has 0 radical (unpaired) electrons. The van der Waals surface area contributed by atoms with Crippen molar-refractivity contribution in [2.75, 3.05) is 12.4 Å². The van der Waals surface area contributed by atoms with Crippen molar-refractivity contribution in [3.05, 3.63) is 57.4 Å². The number of fused-ring (bicyclic) bond motifs is 1. The maximum atomic E-state index is 12.5. The Bertz CT molecular complexity index is 972. The summed E-state index contributed by atoms with van der Waals surface area (Å²) in [6.45, 7) is 0. The van der Waals surface area contributed by atoms with E-state index in [2.05, 4.69) is 10.6 Å². The molecule has 0 saturated carbocycles. The van der Waals surface area contributed by atoms with Crippen molar-refractivity contribution in [3.8, 4) is 5.75 Å². The molecule has 1 amide bonds. The van der Waals surface area contributed by atoms with E-state index in [4.69, 9.17) is 40.2 Å². The zero-order valence-corrected chi connectivity index (χ0v) is 16.1. The number of hydrogen-bond donors (Lipinski definition) is 2. The summed E-state index contributed by atoms with van der Waals surface area (Å²) in [5.41, 5.74) is 0.707. The Kier molecular flexibility index (Phi) is 5.44. The maximum Gasteiger partial charge on any atom is 0.269 e. The lowest BCUT2D eigenvalue weighted by Gasteiger charge is -2.10. The Hall–Kier alpha value is -1.86. The van der Waals surface area contributed by atoms with Gasteiger partial charge in [-0.25, -0.2) is 0 Å². The number of carbonyl (C=O) groups is 1. The minimum atomic E-state index is -0.372. The Labute approximate surface area is 163 Å². The van der Waals surface area contributed by atoms with Crippen LogP contribution < -0.4 is 15.4 Å². The number of methoxy groups -OCH3 is 1. The van der Waals surface area contributed by atoms with Crippen LogP contribution in [-0.2, 0) is 0 Å². The summed E-state index contributed by atoms with van der Waals surface area (Å²) in [5.74, 6) is 0.311. The third kappa shape index (κ3) is 4.04. The molecule has 0 atom stereocenters. The van der Waals surface area contributed by atoms with Crippen molar-refractivity contribution < 1.29 is 9.53 Å². The van der Waals surface area contributed by atoms with Crippen molar-refractivity contribution >= 4 is 73.5 Å². The van der Waals surface area contributed by atoms with Gasteiger partial charge in [-0.3, -0.25) is 10.1 Å². The lowest BCUT2D eigenvalue weighted by atomic mass is 10.2. The van der Waals surface area contributed by atoms with Crippen LogP contribution in [0.3, 0.4) is 0 Å². The van der Waals surface area contributed by atoms with E-state index in [9.17, 15) is 4.79 Å². The maximum absolute atomic E-state index is 12.5. The fraction of sp³-hybridized carbons (Fsp3) is 0.0588. The van der Waals surface area contributed by atoms with Gasteiger partial charge in [0.05, 0.1) is 12.1 Å². The second kappa shape index (κ2) is 7.58. The molecule has 0 unspecified atom stereocenters. The molecule has 0 fully saturated rings. The average molecular weight is 411 g/mol. The number of benzene rings is 2. The summed E-state index contributed by atoms with van der Waals surface area (Å²) < 4.78 is 5.99. The number of anilines is 1. The number of carbonyl (C=O) groups excluding carboxylic acids is 1. The summed E-state index contributed by atoms with van der Waals surface area (Å²) in [6.07, 6.45) is 0. The SMILES string of the molecule is COc1cccc(NC(=S)NC(=O)c2sc3cc(Cl)ccc3c2Cl)c1. The molecule has 0 aliphatic heterocycles. The first kappa shape index (κ1) is 17.9. The smallest absolute Gasteiger partial charge is 0.269 e. The van der Waals surface area contributed by atoms with Gasteiger partial charge in [-0.15, -0.1) is 11.3 Å². The molecule has 0 aliphatic carbocycles. The zero-order valence-electron chi connectivity index (χ0n) is 12.9. The van der Waals surface area contributed by atoms with Gasteiger partial charge < -0.3 is 10.1 Å². The van der Waals surface area contributed by atoms with E-state index in [1.807, 2.05) is 18.2 Å². The molecule has 0 aliphatic rings. The van der Waals surface area contributed by atoms with E-state index in [-0.39, 0.29) is 11.0 Å². The number of rotatable bonds is 3. The van der Waals surface area contributed by atoms with Crippen LogP contribution in [0.4, 0.5) is 5.69 Å². The third-order valence-corrected chi connectivity index (χ3v) is 5.45. The van der Waals surface area contributed by atoms with Crippen molar-refractivity contribution in [2.24, 2.45) is 0 Å². The molecular weight excluding hydrogens is 399 g/mol. The molecule has 1 heterocycles. The first-order valence-electron chi connectivity index (χ1n) is 7.12. The Morgan fingerprint density at radius 1 is 1.20 bits per heavy atom. The van der Waals surface area contributed by atoms with E-state index in [1.54, 1.807) is 31.4 Å². The van der Waals surface area contributed by atoms with Gasteiger partial charge in [-0.1, -0.05) is 35.3 Å². The number of hydrogen-bond acceptors (Lipinski definition) is 4. The van der Waals surface area contributed by atoms with Crippen molar-refractivity contribution in [2.45, 2.75) is 0 Å². The standard InChI is InChI=1S/C17H12Cl2N2O2S2/c1-23-11-4-2-3-10(8-11)20-17(24)21-16(22)15-14(19)12-6-5-9(18)7-13(12)25-15/h2-8H,1H3,(H2,20,21,22,24). The average Bonchev–Trinajstić information content (AvgIpc) is 2.91. The largest absolute Gasteiger partial charge is 0.497 e. The van der Waals surface area contributed by atoms with Gasteiger partial charge in [0.2, 0.25) is 0 Å². The van der Waals surface area contributed by atoms with Crippen LogP contribution in [-0.4, -0.2) is 18.1 Å². The third-order valence-electron chi connectivity index (χ3n) is 3.35. The quantitative estimate of drug-likeness (QED) is 0.571. The highest BCUT2D eigenvalue weighted by Gasteiger charge is 2.18. The van der Waals surface area contributed by atoms with E-state index in [0.29, 0.717) is 26.4 Å². The number of thiocarbonyl (C=S) groups is 1. The van der Waals surface area contributed by atoms with Crippen LogP contribution in [0.1, 0.15) is 9.67 Å². The molecular formula is C17H12Cl2N2O2S2. The highest BCUT2D eigenvalue weighted by atomic mass is 35.5. The number of amides is 1. The van der Waals surface area contributed by atoms with Crippen LogP contribution in [0.5, 0.6) is 5.75 Å². The molecule has 0 spiro atoms. The highest BCUT2D eigenvalue weighted by Crippen LogP contribution is 2.36. The van der Waals surface area contributed by atoms with Gasteiger partial charge in [0.1, 0.15) is 10.6 Å². The monoisotopic (exact) mass is 410 g/mol. The molecule has 0 saturated heterocycles. The lowest BCUT2D eigenvalue weighted by molar-refractivity contribution is 0.0982. The molecule has 0 bridgehead atoms. The Balaban J connectivity index is 1.75. The number of nitrogens with one attached hydrogen (secondary N) is 2. The van der Waals surface area contributed by atoms with E-state index < -0.39 is 0 Å². The fourth-order valence-corrected chi connectivity index (χ4v) is 4.11. The van der Waals surface area contributed by atoms with E-state index in [0.717, 1.165) is 10.1 Å². The summed E-state index contributed by atoms with van der Waals surface area (Å²) in [6, 6.07) is 12.5. The molecule has 8 heteroatoms. The highest BCUT2D eigenvalue weighted by molar-refractivity contribution is 7.80. The topological polar surface area (TPSA) is 50.4 Å². The summed E-state index contributed by atoms with van der Waals surface area (Å²) >= 11 is 18.8. The summed E-state index contributed by atoms with van der Waals surface area (Å²) in [7, 11) is 1.58. The Morgan fingerprint density at radius 2 is 2.00 bits per heavy atom. The molecule has 25 heavy (non-hydrogen) atoms. The molecule has 3 aromatic rings. The van der Waals surface area contributed by atoms with Gasteiger partial charge in [0.15, 0.2) is 5.11 Å². The number of thiophene rings is 1. The fourth-order valence-electron chi connectivity index (χ4n) is 2.21. The van der Waals surface area contributed by atoms with Gasteiger partial charge in [-0.05, 0) is 36.5 Å². The predicted molar refractivity (Wildman–Crippen MR) is 109 cm³/mol. The number of halogens is 2. The molecule has 1 aromatic heterocycles. The molecule has 128 valence electrons. The summed E-state index contributed by atoms with van der Waals surface area (Å²) in [5, 5.41) is 7.51. The van der Waals surface area contributed by atoms with Crippen LogP contribution in [0, 0.1) is 0 Å². The van der Waals surface area contributed by atoms with E-state index >= 15 is 0 Å². The number of ether oxygens (including phenoxy) is 1. The van der Waals surface area contributed by atoms with Crippen molar-refractivity contribution in [1.29, 1.82) is 0 Å².